The number of rotatable bonds is 5. The van der Waals surface area contributed by atoms with Crippen molar-refractivity contribution in [2.75, 3.05) is 20.8 Å². The van der Waals surface area contributed by atoms with Crippen LogP contribution in [0, 0.1) is 0 Å². The second kappa shape index (κ2) is 7.76. The molecule has 1 aromatic rings. The SMILES string of the molecule is CCOc1c(CNC)cc(Br)cc1OC.Cl. The predicted octanol–water partition coefficient (Wildman–Crippen LogP) is 3.00. The molecule has 0 aliphatic rings. The normalized spacial score (nSPS) is 9.50. The Hall–Kier alpha value is -0.450. The molecule has 1 rings (SSSR count). The van der Waals surface area contributed by atoms with Crippen LogP contribution in [-0.4, -0.2) is 20.8 Å². The number of ether oxygens (including phenoxy) is 2. The summed E-state index contributed by atoms with van der Waals surface area (Å²) in [6.45, 7) is 3.35. The van der Waals surface area contributed by atoms with E-state index in [0.717, 1.165) is 28.1 Å². The van der Waals surface area contributed by atoms with E-state index in [0.29, 0.717) is 6.61 Å². The molecular weight excluding hydrogens is 293 g/mol. The van der Waals surface area contributed by atoms with Crippen LogP contribution < -0.4 is 14.8 Å². The van der Waals surface area contributed by atoms with Gasteiger partial charge in [-0.1, -0.05) is 15.9 Å². The lowest BCUT2D eigenvalue weighted by Crippen LogP contribution is -2.08. The van der Waals surface area contributed by atoms with Crippen LogP contribution >= 0.6 is 28.3 Å². The van der Waals surface area contributed by atoms with Gasteiger partial charge in [-0.25, -0.2) is 0 Å². The van der Waals surface area contributed by atoms with Gasteiger partial charge in [-0.3, -0.25) is 0 Å². The van der Waals surface area contributed by atoms with Gasteiger partial charge in [0.2, 0.25) is 0 Å². The third-order valence-corrected chi connectivity index (χ3v) is 2.43. The topological polar surface area (TPSA) is 30.5 Å². The van der Waals surface area contributed by atoms with Crippen molar-refractivity contribution in [3.63, 3.8) is 0 Å². The van der Waals surface area contributed by atoms with Crippen LogP contribution in [0.1, 0.15) is 12.5 Å². The minimum Gasteiger partial charge on any atom is -0.493 e. The maximum atomic E-state index is 5.58. The first-order valence-electron chi connectivity index (χ1n) is 4.86. The summed E-state index contributed by atoms with van der Waals surface area (Å²) in [5.41, 5.74) is 1.09. The van der Waals surface area contributed by atoms with Gasteiger partial charge in [0.15, 0.2) is 11.5 Å². The van der Waals surface area contributed by atoms with E-state index in [4.69, 9.17) is 9.47 Å². The Labute approximate surface area is 111 Å². The summed E-state index contributed by atoms with van der Waals surface area (Å²) in [6.07, 6.45) is 0. The lowest BCUT2D eigenvalue weighted by atomic mass is 10.2. The molecule has 0 aromatic heterocycles. The average molecular weight is 311 g/mol. The lowest BCUT2D eigenvalue weighted by molar-refractivity contribution is 0.307. The molecule has 0 fully saturated rings. The minimum atomic E-state index is 0. The molecule has 0 spiro atoms. The van der Waals surface area contributed by atoms with Crippen LogP contribution in [0.5, 0.6) is 11.5 Å². The second-order valence-electron chi connectivity index (χ2n) is 3.06. The molecule has 0 aliphatic heterocycles. The molecule has 0 aliphatic carbocycles. The Bertz CT molecular complexity index is 334. The Balaban J connectivity index is 0.00000225. The highest BCUT2D eigenvalue weighted by atomic mass is 79.9. The average Bonchev–Trinajstić information content (AvgIpc) is 2.22. The molecule has 92 valence electrons. The highest BCUT2D eigenvalue weighted by Gasteiger charge is 2.11. The molecule has 0 bridgehead atoms. The molecule has 3 nitrogen and oxygen atoms in total. The van der Waals surface area contributed by atoms with Crippen molar-refractivity contribution < 1.29 is 9.47 Å². The van der Waals surface area contributed by atoms with Gasteiger partial charge in [-0.15, -0.1) is 12.4 Å². The van der Waals surface area contributed by atoms with Gasteiger partial charge < -0.3 is 14.8 Å². The Kier molecular flexibility index (Phi) is 7.55. The molecule has 1 N–H and O–H groups in total. The van der Waals surface area contributed by atoms with Gasteiger partial charge in [0.25, 0.3) is 0 Å². The van der Waals surface area contributed by atoms with Crippen molar-refractivity contribution in [1.82, 2.24) is 5.32 Å². The minimum absolute atomic E-state index is 0. The first-order valence-corrected chi connectivity index (χ1v) is 5.66. The highest BCUT2D eigenvalue weighted by Crippen LogP contribution is 2.34. The zero-order chi connectivity index (χ0) is 11.3. The Morgan fingerprint density at radius 3 is 2.56 bits per heavy atom. The Morgan fingerprint density at radius 2 is 2.06 bits per heavy atom. The molecule has 0 unspecified atom stereocenters. The molecule has 0 atom stereocenters. The van der Waals surface area contributed by atoms with Crippen molar-refractivity contribution >= 4 is 28.3 Å². The molecule has 0 amide bonds. The van der Waals surface area contributed by atoms with Crippen molar-refractivity contribution in [3.8, 4) is 11.5 Å². The molecular formula is C11H17BrClNO2. The maximum Gasteiger partial charge on any atom is 0.165 e. The highest BCUT2D eigenvalue weighted by molar-refractivity contribution is 9.10. The second-order valence-corrected chi connectivity index (χ2v) is 3.98. The quantitative estimate of drug-likeness (QED) is 0.907. The fourth-order valence-corrected chi connectivity index (χ4v) is 1.89. The number of benzene rings is 1. The van der Waals surface area contributed by atoms with Crippen LogP contribution in [0.2, 0.25) is 0 Å². The van der Waals surface area contributed by atoms with E-state index in [-0.39, 0.29) is 12.4 Å². The summed E-state index contributed by atoms with van der Waals surface area (Å²) in [7, 11) is 3.55. The molecule has 0 radical (unpaired) electrons. The van der Waals surface area contributed by atoms with Crippen LogP contribution in [0.15, 0.2) is 16.6 Å². The summed E-state index contributed by atoms with van der Waals surface area (Å²) in [4.78, 5) is 0. The zero-order valence-electron chi connectivity index (χ0n) is 9.67. The van der Waals surface area contributed by atoms with E-state index in [1.54, 1.807) is 7.11 Å². The number of nitrogens with one attached hydrogen (secondary N) is 1. The van der Waals surface area contributed by atoms with E-state index in [2.05, 4.69) is 21.2 Å². The number of hydrogen-bond acceptors (Lipinski definition) is 3. The lowest BCUT2D eigenvalue weighted by Gasteiger charge is -2.14. The first kappa shape index (κ1) is 15.6. The van der Waals surface area contributed by atoms with E-state index < -0.39 is 0 Å². The summed E-state index contributed by atoms with van der Waals surface area (Å²) in [5, 5.41) is 3.10. The van der Waals surface area contributed by atoms with Crippen molar-refractivity contribution in [2.24, 2.45) is 0 Å². The van der Waals surface area contributed by atoms with Gasteiger partial charge in [0, 0.05) is 16.6 Å². The first-order chi connectivity index (χ1) is 7.22. The standard InChI is InChI=1S/C11H16BrNO2.ClH/c1-4-15-11-8(7-13-2)5-9(12)6-10(11)14-3;/h5-6,13H,4,7H2,1-3H3;1H. The van der Waals surface area contributed by atoms with Crippen LogP contribution in [0.25, 0.3) is 0 Å². The number of hydrogen-bond donors (Lipinski definition) is 1. The van der Waals surface area contributed by atoms with Crippen molar-refractivity contribution in [3.05, 3.63) is 22.2 Å². The van der Waals surface area contributed by atoms with Crippen LogP contribution in [0.4, 0.5) is 0 Å². The third kappa shape index (κ3) is 3.85. The van der Waals surface area contributed by atoms with Gasteiger partial charge in [0.05, 0.1) is 13.7 Å². The summed E-state index contributed by atoms with van der Waals surface area (Å²) < 4.78 is 11.9. The number of methoxy groups -OCH3 is 1. The van der Waals surface area contributed by atoms with E-state index >= 15 is 0 Å². The van der Waals surface area contributed by atoms with Crippen molar-refractivity contribution in [2.45, 2.75) is 13.5 Å². The molecule has 0 saturated heterocycles. The molecule has 1 aromatic carbocycles. The monoisotopic (exact) mass is 309 g/mol. The van der Waals surface area contributed by atoms with Gasteiger partial charge in [-0.2, -0.15) is 0 Å². The van der Waals surface area contributed by atoms with E-state index in [1.165, 1.54) is 0 Å². The summed E-state index contributed by atoms with van der Waals surface area (Å²) >= 11 is 3.45. The molecule has 16 heavy (non-hydrogen) atoms. The van der Waals surface area contributed by atoms with E-state index in [1.807, 2.05) is 26.1 Å². The molecule has 0 saturated carbocycles. The van der Waals surface area contributed by atoms with Crippen LogP contribution in [-0.2, 0) is 6.54 Å². The molecule has 0 heterocycles. The third-order valence-electron chi connectivity index (χ3n) is 1.97. The van der Waals surface area contributed by atoms with Crippen LogP contribution in [0.3, 0.4) is 0 Å². The van der Waals surface area contributed by atoms with Gasteiger partial charge in [0.1, 0.15) is 0 Å². The molecule has 5 heteroatoms. The van der Waals surface area contributed by atoms with Gasteiger partial charge >= 0.3 is 0 Å². The predicted molar refractivity (Wildman–Crippen MR) is 71.9 cm³/mol. The number of halogens is 2. The summed E-state index contributed by atoms with van der Waals surface area (Å²) in [6, 6.07) is 3.94. The fourth-order valence-electron chi connectivity index (χ4n) is 1.40. The van der Waals surface area contributed by atoms with Crippen molar-refractivity contribution in [1.29, 1.82) is 0 Å². The fraction of sp³-hybridized carbons (Fsp3) is 0.455. The zero-order valence-corrected chi connectivity index (χ0v) is 12.1. The largest absolute Gasteiger partial charge is 0.493 e. The smallest absolute Gasteiger partial charge is 0.165 e. The Morgan fingerprint density at radius 1 is 1.38 bits per heavy atom. The van der Waals surface area contributed by atoms with Gasteiger partial charge in [-0.05, 0) is 26.1 Å². The maximum absolute atomic E-state index is 5.58. The summed E-state index contributed by atoms with van der Waals surface area (Å²) in [5.74, 6) is 1.58. The van der Waals surface area contributed by atoms with E-state index in [9.17, 15) is 0 Å².